The lowest BCUT2D eigenvalue weighted by atomic mass is 10.2. The molecule has 0 aliphatic rings. The summed E-state index contributed by atoms with van der Waals surface area (Å²) >= 11 is 6.08. The number of hydrogen-bond donors (Lipinski definition) is 1. The van der Waals surface area contributed by atoms with Crippen LogP contribution in [0.15, 0.2) is 60.7 Å². The Labute approximate surface area is 157 Å². The molecule has 0 radical (unpaired) electrons. The number of rotatable bonds is 5. The lowest BCUT2D eigenvalue weighted by molar-refractivity contribution is 0.102. The van der Waals surface area contributed by atoms with Crippen molar-refractivity contribution in [3.05, 3.63) is 82.5 Å². The van der Waals surface area contributed by atoms with Crippen molar-refractivity contribution in [2.24, 2.45) is 0 Å². The first-order chi connectivity index (χ1) is 12.5. The van der Waals surface area contributed by atoms with Gasteiger partial charge in [0.25, 0.3) is 5.91 Å². The van der Waals surface area contributed by atoms with Crippen molar-refractivity contribution in [3.8, 4) is 0 Å². The van der Waals surface area contributed by atoms with Crippen LogP contribution in [0.5, 0.6) is 0 Å². The quantitative estimate of drug-likeness (QED) is 0.730. The van der Waals surface area contributed by atoms with E-state index in [9.17, 15) is 4.79 Å². The number of aromatic nitrogens is 2. The summed E-state index contributed by atoms with van der Waals surface area (Å²) in [5, 5.41) is 11.6. The number of halogens is 1. The maximum absolute atomic E-state index is 12.3. The van der Waals surface area contributed by atoms with Crippen LogP contribution in [0.25, 0.3) is 0 Å². The zero-order valence-electron chi connectivity index (χ0n) is 14.6. The topological polar surface area (TPSA) is 58.1 Å². The smallest absolute Gasteiger partial charge is 0.276 e. The van der Waals surface area contributed by atoms with Crippen LogP contribution in [0.2, 0.25) is 5.02 Å². The van der Waals surface area contributed by atoms with Crippen molar-refractivity contribution in [2.45, 2.75) is 13.5 Å². The Morgan fingerprint density at radius 3 is 2.50 bits per heavy atom. The lowest BCUT2D eigenvalue weighted by Crippen LogP contribution is -2.20. The fourth-order valence-corrected chi connectivity index (χ4v) is 2.63. The van der Waals surface area contributed by atoms with E-state index in [-0.39, 0.29) is 11.6 Å². The van der Waals surface area contributed by atoms with Gasteiger partial charge in [-0.25, -0.2) is 0 Å². The highest BCUT2D eigenvalue weighted by molar-refractivity contribution is 6.31. The normalized spacial score (nSPS) is 10.4. The first-order valence-corrected chi connectivity index (χ1v) is 8.57. The number of carbonyl (C=O) groups is 1. The third kappa shape index (κ3) is 4.37. The number of carbonyl (C=O) groups excluding carboxylic acids is 1. The van der Waals surface area contributed by atoms with Crippen LogP contribution in [-0.4, -0.2) is 23.2 Å². The Kier molecular flexibility index (Phi) is 5.49. The molecule has 5 nitrogen and oxygen atoms in total. The lowest BCUT2D eigenvalue weighted by Gasteiger charge is -2.17. The Bertz CT molecular complexity index is 897. The first-order valence-electron chi connectivity index (χ1n) is 8.19. The number of hydrogen-bond acceptors (Lipinski definition) is 4. The van der Waals surface area contributed by atoms with E-state index in [2.05, 4.69) is 27.6 Å². The summed E-state index contributed by atoms with van der Waals surface area (Å²) in [6, 6.07) is 18.9. The SMILES string of the molecule is Cc1ccc(NC(=O)c2ccc(N(C)Cc3ccccc3)nn2)cc1Cl. The molecule has 0 aliphatic heterocycles. The average molecular weight is 367 g/mol. The molecule has 0 saturated carbocycles. The number of nitrogens with zero attached hydrogens (tertiary/aromatic N) is 3. The molecule has 1 aromatic heterocycles. The van der Waals surface area contributed by atoms with Crippen molar-refractivity contribution in [2.75, 3.05) is 17.3 Å². The molecule has 26 heavy (non-hydrogen) atoms. The standard InChI is InChI=1S/C20H19ClN4O/c1-14-8-9-16(12-17(14)21)22-20(26)18-10-11-19(24-23-18)25(2)13-15-6-4-3-5-7-15/h3-12H,13H2,1-2H3,(H,22,26). The molecule has 1 amide bonds. The number of benzene rings is 2. The molecular formula is C20H19ClN4O. The van der Waals surface area contributed by atoms with E-state index in [0.717, 1.165) is 5.56 Å². The average Bonchev–Trinajstić information content (AvgIpc) is 2.65. The predicted octanol–water partition coefficient (Wildman–Crippen LogP) is 4.33. The van der Waals surface area contributed by atoms with Gasteiger partial charge in [-0.3, -0.25) is 4.79 Å². The molecule has 132 valence electrons. The van der Waals surface area contributed by atoms with Crippen LogP contribution in [-0.2, 0) is 6.54 Å². The van der Waals surface area contributed by atoms with E-state index in [0.29, 0.717) is 23.1 Å². The molecule has 0 aliphatic carbocycles. The first kappa shape index (κ1) is 17.9. The number of anilines is 2. The van der Waals surface area contributed by atoms with E-state index in [1.165, 1.54) is 5.56 Å². The van der Waals surface area contributed by atoms with Crippen molar-refractivity contribution >= 4 is 29.0 Å². The minimum absolute atomic E-state index is 0.249. The summed E-state index contributed by atoms with van der Waals surface area (Å²) in [5.41, 5.74) is 3.00. The van der Waals surface area contributed by atoms with E-state index in [4.69, 9.17) is 11.6 Å². The minimum atomic E-state index is -0.324. The fourth-order valence-electron chi connectivity index (χ4n) is 2.45. The largest absolute Gasteiger partial charge is 0.354 e. The summed E-state index contributed by atoms with van der Waals surface area (Å²) in [6.45, 7) is 2.62. The fraction of sp³-hybridized carbons (Fsp3) is 0.150. The molecule has 3 rings (SSSR count). The molecule has 6 heteroatoms. The minimum Gasteiger partial charge on any atom is -0.354 e. The van der Waals surface area contributed by atoms with E-state index >= 15 is 0 Å². The molecule has 0 atom stereocenters. The second kappa shape index (κ2) is 7.97. The summed E-state index contributed by atoms with van der Waals surface area (Å²) in [4.78, 5) is 14.3. The third-order valence-corrected chi connectivity index (χ3v) is 4.37. The van der Waals surface area contributed by atoms with Crippen LogP contribution >= 0.6 is 11.6 Å². The summed E-state index contributed by atoms with van der Waals surface area (Å²) in [7, 11) is 1.94. The highest BCUT2D eigenvalue weighted by Crippen LogP contribution is 2.20. The number of aryl methyl sites for hydroxylation is 1. The van der Waals surface area contributed by atoms with Gasteiger partial charge in [0, 0.05) is 24.3 Å². The summed E-state index contributed by atoms with van der Waals surface area (Å²) < 4.78 is 0. The molecule has 2 aromatic carbocycles. The Balaban J connectivity index is 1.66. The van der Waals surface area contributed by atoms with Crippen LogP contribution in [0.3, 0.4) is 0 Å². The van der Waals surface area contributed by atoms with Gasteiger partial charge in [-0.2, -0.15) is 0 Å². The summed E-state index contributed by atoms with van der Waals surface area (Å²) in [5.74, 6) is 0.374. The predicted molar refractivity (Wildman–Crippen MR) is 105 cm³/mol. The van der Waals surface area contributed by atoms with Gasteiger partial charge in [0.15, 0.2) is 11.5 Å². The zero-order chi connectivity index (χ0) is 18.5. The second-order valence-electron chi connectivity index (χ2n) is 6.04. The van der Waals surface area contributed by atoms with Crippen molar-refractivity contribution in [3.63, 3.8) is 0 Å². The molecule has 3 aromatic rings. The van der Waals surface area contributed by atoms with Gasteiger partial charge in [0.2, 0.25) is 0 Å². The molecule has 0 spiro atoms. The number of amides is 1. The maximum atomic E-state index is 12.3. The Morgan fingerprint density at radius 1 is 1.08 bits per heavy atom. The van der Waals surface area contributed by atoms with E-state index < -0.39 is 0 Å². The van der Waals surface area contributed by atoms with Gasteiger partial charge in [-0.15, -0.1) is 10.2 Å². The molecule has 1 N–H and O–H groups in total. The van der Waals surface area contributed by atoms with Gasteiger partial charge in [-0.1, -0.05) is 48.0 Å². The monoisotopic (exact) mass is 366 g/mol. The van der Waals surface area contributed by atoms with E-state index in [1.807, 2.05) is 43.1 Å². The Morgan fingerprint density at radius 2 is 1.85 bits per heavy atom. The van der Waals surface area contributed by atoms with Crippen molar-refractivity contribution in [1.82, 2.24) is 10.2 Å². The van der Waals surface area contributed by atoms with Crippen LogP contribution < -0.4 is 10.2 Å². The second-order valence-corrected chi connectivity index (χ2v) is 6.44. The van der Waals surface area contributed by atoms with Gasteiger partial charge in [0.1, 0.15) is 0 Å². The van der Waals surface area contributed by atoms with Gasteiger partial charge < -0.3 is 10.2 Å². The highest BCUT2D eigenvalue weighted by Gasteiger charge is 2.11. The maximum Gasteiger partial charge on any atom is 0.276 e. The molecule has 0 fully saturated rings. The van der Waals surface area contributed by atoms with E-state index in [1.54, 1.807) is 24.3 Å². The molecule has 0 saturated heterocycles. The third-order valence-electron chi connectivity index (χ3n) is 3.97. The molecule has 1 heterocycles. The zero-order valence-corrected chi connectivity index (χ0v) is 15.4. The number of nitrogens with one attached hydrogen (secondary N) is 1. The molecular weight excluding hydrogens is 348 g/mol. The van der Waals surface area contributed by atoms with Crippen molar-refractivity contribution < 1.29 is 4.79 Å². The molecule has 0 unspecified atom stereocenters. The van der Waals surface area contributed by atoms with Gasteiger partial charge >= 0.3 is 0 Å². The highest BCUT2D eigenvalue weighted by atomic mass is 35.5. The summed E-state index contributed by atoms with van der Waals surface area (Å²) in [6.07, 6.45) is 0. The van der Waals surface area contributed by atoms with Gasteiger partial charge in [0.05, 0.1) is 0 Å². The van der Waals surface area contributed by atoms with Gasteiger partial charge in [-0.05, 0) is 42.3 Å². The molecule has 0 bridgehead atoms. The van der Waals surface area contributed by atoms with Crippen LogP contribution in [0, 0.1) is 6.92 Å². The van der Waals surface area contributed by atoms with Crippen molar-refractivity contribution in [1.29, 1.82) is 0 Å². The van der Waals surface area contributed by atoms with Crippen LogP contribution in [0.4, 0.5) is 11.5 Å². The Hall–Kier alpha value is -2.92. The van der Waals surface area contributed by atoms with Crippen LogP contribution in [0.1, 0.15) is 21.6 Å².